The highest BCUT2D eigenvalue weighted by Crippen LogP contribution is 2.30. The van der Waals surface area contributed by atoms with E-state index in [4.69, 9.17) is 0 Å². The highest BCUT2D eigenvalue weighted by Gasteiger charge is 2.35. The molecule has 0 aromatic rings. The van der Waals surface area contributed by atoms with E-state index in [1.54, 1.807) is 0 Å². The quantitative estimate of drug-likeness (QED) is 0.777. The molecule has 1 aliphatic carbocycles. The van der Waals surface area contributed by atoms with Crippen LogP contribution >= 0.6 is 0 Å². The van der Waals surface area contributed by atoms with Crippen LogP contribution in [0.5, 0.6) is 0 Å². The summed E-state index contributed by atoms with van der Waals surface area (Å²) in [6.07, 6.45) is 2.66. The van der Waals surface area contributed by atoms with E-state index in [1.807, 2.05) is 6.92 Å². The van der Waals surface area contributed by atoms with E-state index in [-0.39, 0.29) is 24.6 Å². The SMILES string of the molecule is CCC(O)C1CC(NCC(F)F)CN(C2CCC2)C1. The maximum absolute atomic E-state index is 12.3. The molecule has 0 amide bonds. The molecule has 3 nitrogen and oxygen atoms in total. The van der Waals surface area contributed by atoms with E-state index in [1.165, 1.54) is 19.3 Å². The zero-order valence-corrected chi connectivity index (χ0v) is 11.7. The van der Waals surface area contributed by atoms with E-state index >= 15 is 0 Å². The van der Waals surface area contributed by atoms with E-state index in [9.17, 15) is 13.9 Å². The summed E-state index contributed by atoms with van der Waals surface area (Å²) in [5, 5.41) is 13.0. The number of nitrogens with one attached hydrogen (secondary N) is 1. The Balaban J connectivity index is 1.90. The number of alkyl halides is 2. The Hall–Kier alpha value is -0.260. The van der Waals surface area contributed by atoms with Gasteiger partial charge in [0, 0.05) is 25.2 Å². The Morgan fingerprint density at radius 1 is 1.32 bits per heavy atom. The Bertz CT molecular complexity index is 261. The maximum Gasteiger partial charge on any atom is 0.250 e. The lowest BCUT2D eigenvalue weighted by molar-refractivity contribution is 0.000225. The van der Waals surface area contributed by atoms with Crippen LogP contribution in [0.4, 0.5) is 8.78 Å². The van der Waals surface area contributed by atoms with E-state index in [2.05, 4.69) is 10.2 Å². The highest BCUT2D eigenvalue weighted by atomic mass is 19.3. The standard InChI is InChI=1S/C14H26F2N2O/c1-2-13(19)10-6-11(17-7-14(15)16)9-18(8-10)12-4-3-5-12/h10-14,17,19H,2-9H2,1H3. The van der Waals surface area contributed by atoms with Crippen molar-refractivity contribution in [2.75, 3.05) is 19.6 Å². The molecule has 0 radical (unpaired) electrons. The minimum absolute atomic E-state index is 0.0922. The molecule has 2 fully saturated rings. The Morgan fingerprint density at radius 2 is 2.05 bits per heavy atom. The number of rotatable bonds is 6. The average Bonchev–Trinajstić information content (AvgIpc) is 2.33. The van der Waals surface area contributed by atoms with Crippen LogP contribution in [0, 0.1) is 5.92 Å². The molecule has 1 saturated carbocycles. The van der Waals surface area contributed by atoms with Crippen LogP contribution in [0.1, 0.15) is 39.0 Å². The number of piperidine rings is 1. The summed E-state index contributed by atoms with van der Waals surface area (Å²) in [4.78, 5) is 2.40. The number of nitrogens with zero attached hydrogens (tertiary/aromatic N) is 1. The molecule has 1 saturated heterocycles. The second-order valence-electron chi connectivity index (χ2n) is 6.01. The van der Waals surface area contributed by atoms with Gasteiger partial charge in [0.25, 0.3) is 6.43 Å². The minimum Gasteiger partial charge on any atom is -0.393 e. The molecule has 2 rings (SSSR count). The maximum atomic E-state index is 12.3. The van der Waals surface area contributed by atoms with Gasteiger partial charge in [-0.15, -0.1) is 0 Å². The molecule has 0 bridgehead atoms. The van der Waals surface area contributed by atoms with Crippen molar-refractivity contribution in [1.82, 2.24) is 10.2 Å². The fourth-order valence-corrected chi connectivity index (χ4v) is 3.24. The van der Waals surface area contributed by atoms with Crippen molar-refractivity contribution in [1.29, 1.82) is 0 Å². The van der Waals surface area contributed by atoms with Gasteiger partial charge in [-0.05, 0) is 31.6 Å². The van der Waals surface area contributed by atoms with Gasteiger partial charge in [0.15, 0.2) is 0 Å². The van der Waals surface area contributed by atoms with Gasteiger partial charge in [-0.25, -0.2) is 8.78 Å². The summed E-state index contributed by atoms with van der Waals surface area (Å²) in [5.74, 6) is 0.217. The number of halogens is 2. The fraction of sp³-hybridized carbons (Fsp3) is 1.00. The summed E-state index contributed by atoms with van der Waals surface area (Å²) < 4.78 is 24.6. The molecule has 5 heteroatoms. The van der Waals surface area contributed by atoms with Gasteiger partial charge in [0.2, 0.25) is 0 Å². The highest BCUT2D eigenvalue weighted by molar-refractivity contribution is 4.91. The lowest BCUT2D eigenvalue weighted by Gasteiger charge is -2.46. The largest absolute Gasteiger partial charge is 0.393 e. The third kappa shape index (κ3) is 4.10. The monoisotopic (exact) mass is 276 g/mol. The summed E-state index contributed by atoms with van der Waals surface area (Å²) in [6, 6.07) is 0.706. The molecule has 2 aliphatic rings. The summed E-state index contributed by atoms with van der Waals surface area (Å²) in [7, 11) is 0. The smallest absolute Gasteiger partial charge is 0.250 e. The third-order valence-electron chi connectivity index (χ3n) is 4.63. The van der Waals surface area contributed by atoms with Gasteiger partial charge >= 0.3 is 0 Å². The van der Waals surface area contributed by atoms with Gasteiger partial charge in [-0.2, -0.15) is 0 Å². The fourth-order valence-electron chi connectivity index (χ4n) is 3.24. The van der Waals surface area contributed by atoms with Crippen LogP contribution in [-0.2, 0) is 0 Å². The van der Waals surface area contributed by atoms with Gasteiger partial charge < -0.3 is 10.4 Å². The van der Waals surface area contributed by atoms with Crippen LogP contribution in [-0.4, -0.2) is 54.3 Å². The van der Waals surface area contributed by atoms with E-state index in [0.717, 1.165) is 25.9 Å². The zero-order valence-electron chi connectivity index (χ0n) is 11.7. The van der Waals surface area contributed by atoms with Crippen LogP contribution in [0.15, 0.2) is 0 Å². The molecule has 3 atom stereocenters. The lowest BCUT2D eigenvalue weighted by Crippen LogP contribution is -2.56. The number of hydrogen-bond donors (Lipinski definition) is 2. The van der Waals surface area contributed by atoms with Gasteiger partial charge in [-0.1, -0.05) is 13.3 Å². The number of aliphatic hydroxyl groups excluding tert-OH is 1. The normalized spacial score (nSPS) is 31.4. The van der Waals surface area contributed by atoms with Crippen molar-refractivity contribution in [3.8, 4) is 0 Å². The number of hydrogen-bond acceptors (Lipinski definition) is 3. The van der Waals surface area contributed by atoms with Crippen molar-refractivity contribution in [2.45, 2.75) is 63.6 Å². The van der Waals surface area contributed by atoms with E-state index < -0.39 is 6.43 Å². The Kier molecular flexibility index (Phi) is 5.54. The molecule has 2 N–H and O–H groups in total. The van der Waals surface area contributed by atoms with Crippen LogP contribution in [0.2, 0.25) is 0 Å². The first kappa shape index (κ1) is 15.1. The molecule has 0 aromatic heterocycles. The van der Waals surface area contributed by atoms with Crippen molar-refractivity contribution in [3.05, 3.63) is 0 Å². The number of likely N-dealkylation sites (tertiary alicyclic amines) is 1. The first-order chi connectivity index (χ1) is 9.10. The molecular weight excluding hydrogens is 250 g/mol. The van der Waals surface area contributed by atoms with Crippen LogP contribution in [0.3, 0.4) is 0 Å². The van der Waals surface area contributed by atoms with Crippen molar-refractivity contribution < 1.29 is 13.9 Å². The first-order valence-electron chi connectivity index (χ1n) is 7.53. The zero-order chi connectivity index (χ0) is 13.8. The van der Waals surface area contributed by atoms with Gasteiger partial charge in [0.05, 0.1) is 12.6 Å². The molecule has 0 spiro atoms. The van der Waals surface area contributed by atoms with Crippen molar-refractivity contribution in [2.24, 2.45) is 5.92 Å². The van der Waals surface area contributed by atoms with Gasteiger partial charge in [-0.3, -0.25) is 4.90 Å². The molecular formula is C14H26F2N2O. The van der Waals surface area contributed by atoms with Crippen LogP contribution < -0.4 is 5.32 Å². The van der Waals surface area contributed by atoms with E-state index in [0.29, 0.717) is 6.04 Å². The molecule has 1 aliphatic heterocycles. The third-order valence-corrected chi connectivity index (χ3v) is 4.63. The van der Waals surface area contributed by atoms with Crippen molar-refractivity contribution >= 4 is 0 Å². The Labute approximate surface area is 114 Å². The second kappa shape index (κ2) is 6.95. The minimum atomic E-state index is -2.30. The summed E-state index contributed by atoms with van der Waals surface area (Å²) >= 11 is 0. The molecule has 3 unspecified atom stereocenters. The predicted octanol–water partition coefficient (Wildman–Crippen LogP) is 1.85. The molecule has 19 heavy (non-hydrogen) atoms. The topological polar surface area (TPSA) is 35.5 Å². The Morgan fingerprint density at radius 3 is 2.58 bits per heavy atom. The molecule has 112 valence electrons. The number of aliphatic hydroxyl groups is 1. The summed E-state index contributed by atoms with van der Waals surface area (Å²) in [5.41, 5.74) is 0. The van der Waals surface area contributed by atoms with Gasteiger partial charge in [0.1, 0.15) is 0 Å². The second-order valence-corrected chi connectivity index (χ2v) is 6.01. The first-order valence-corrected chi connectivity index (χ1v) is 7.53. The molecule has 0 aromatic carbocycles. The summed E-state index contributed by atoms with van der Waals surface area (Å²) in [6.45, 7) is 3.52. The van der Waals surface area contributed by atoms with Crippen LogP contribution in [0.25, 0.3) is 0 Å². The lowest BCUT2D eigenvalue weighted by atomic mass is 9.84. The van der Waals surface area contributed by atoms with Crippen molar-refractivity contribution in [3.63, 3.8) is 0 Å². The predicted molar refractivity (Wildman–Crippen MR) is 71.4 cm³/mol. The molecule has 1 heterocycles. The average molecular weight is 276 g/mol.